The molecule has 0 aromatic heterocycles. The van der Waals surface area contributed by atoms with E-state index < -0.39 is 16.6 Å². The van der Waals surface area contributed by atoms with E-state index >= 15 is 0 Å². The van der Waals surface area contributed by atoms with Crippen LogP contribution in [0.15, 0.2) is 0 Å². The summed E-state index contributed by atoms with van der Waals surface area (Å²) in [7, 11) is -4.07. The summed E-state index contributed by atoms with van der Waals surface area (Å²) >= 11 is 0. The molecule has 0 amide bonds. The second-order valence-corrected chi connectivity index (χ2v) is 14.3. The van der Waals surface area contributed by atoms with Gasteiger partial charge in [-0.3, -0.25) is 9.59 Å². The van der Waals surface area contributed by atoms with E-state index in [1.54, 1.807) is 6.55 Å². The first-order valence-corrected chi connectivity index (χ1v) is 11.2. The van der Waals surface area contributed by atoms with Gasteiger partial charge in [-0.1, -0.05) is 19.6 Å². The van der Waals surface area contributed by atoms with E-state index in [4.69, 9.17) is 8.85 Å². The third-order valence-electron chi connectivity index (χ3n) is 1.57. The summed E-state index contributed by atoms with van der Waals surface area (Å²) in [5.41, 5.74) is 0.735. The number of carbonyl (C=O) groups excluding carboxylic acids is 2. The molecule has 0 fully saturated rings. The van der Waals surface area contributed by atoms with Crippen molar-refractivity contribution in [2.45, 2.75) is 45.7 Å². The highest BCUT2D eigenvalue weighted by atomic mass is 28.4. The first-order chi connectivity index (χ1) is 6.54. The Morgan fingerprint density at radius 1 is 0.933 bits per heavy atom. The van der Waals surface area contributed by atoms with E-state index in [1.807, 2.05) is 0 Å². The predicted molar refractivity (Wildman–Crippen MR) is 63.3 cm³/mol. The van der Waals surface area contributed by atoms with E-state index in [2.05, 4.69) is 19.6 Å². The van der Waals surface area contributed by atoms with Gasteiger partial charge in [-0.15, -0.1) is 0 Å². The van der Waals surface area contributed by atoms with Crippen LogP contribution in [0, 0.1) is 0 Å². The molecule has 0 unspecified atom stereocenters. The van der Waals surface area contributed by atoms with Gasteiger partial charge >= 0.3 is 8.56 Å². The van der Waals surface area contributed by atoms with E-state index in [1.165, 1.54) is 13.8 Å². The van der Waals surface area contributed by atoms with Crippen molar-refractivity contribution in [1.29, 1.82) is 0 Å². The molecule has 0 aliphatic heterocycles. The quantitative estimate of drug-likeness (QED) is 0.715. The van der Waals surface area contributed by atoms with Gasteiger partial charge in [0.25, 0.3) is 11.9 Å². The Hall–Kier alpha value is -0.626. The number of hydrogen-bond acceptors (Lipinski definition) is 4. The fourth-order valence-electron chi connectivity index (χ4n) is 1.66. The van der Waals surface area contributed by atoms with Crippen molar-refractivity contribution in [3.05, 3.63) is 0 Å². The molecule has 88 valence electrons. The second kappa shape index (κ2) is 4.93. The minimum atomic E-state index is -2.65. The summed E-state index contributed by atoms with van der Waals surface area (Å²) in [5, 5.41) is 0. The normalized spacial score (nSPS) is 12.1. The summed E-state index contributed by atoms with van der Waals surface area (Å²) in [4.78, 5) is 21.9. The minimum Gasteiger partial charge on any atom is -0.485 e. The van der Waals surface area contributed by atoms with E-state index in [0.29, 0.717) is 0 Å². The zero-order chi connectivity index (χ0) is 12.3. The van der Waals surface area contributed by atoms with Gasteiger partial charge in [0.2, 0.25) is 0 Å². The van der Waals surface area contributed by atoms with Crippen molar-refractivity contribution in [3.63, 3.8) is 0 Å². The van der Waals surface area contributed by atoms with Crippen LogP contribution in [0.5, 0.6) is 0 Å². The summed E-state index contributed by atoms with van der Waals surface area (Å²) in [5.74, 6) is -0.743. The van der Waals surface area contributed by atoms with Gasteiger partial charge in [0.05, 0.1) is 0 Å². The third-order valence-corrected chi connectivity index (χ3v) is 9.82. The lowest BCUT2D eigenvalue weighted by Gasteiger charge is -2.29. The smallest absolute Gasteiger partial charge is 0.458 e. The van der Waals surface area contributed by atoms with Crippen LogP contribution in [-0.2, 0) is 18.4 Å². The molecule has 15 heavy (non-hydrogen) atoms. The molecular weight excluding hydrogens is 228 g/mol. The highest BCUT2D eigenvalue weighted by Crippen LogP contribution is 2.22. The van der Waals surface area contributed by atoms with Crippen molar-refractivity contribution in [2.24, 2.45) is 0 Å². The van der Waals surface area contributed by atoms with E-state index in [0.717, 1.165) is 5.67 Å². The van der Waals surface area contributed by atoms with Crippen LogP contribution in [0.2, 0.25) is 31.9 Å². The zero-order valence-corrected chi connectivity index (χ0v) is 12.3. The lowest BCUT2D eigenvalue weighted by molar-refractivity contribution is -0.138. The van der Waals surface area contributed by atoms with E-state index in [-0.39, 0.29) is 11.9 Å². The van der Waals surface area contributed by atoms with Crippen LogP contribution in [0.4, 0.5) is 0 Å². The van der Waals surface area contributed by atoms with Crippen LogP contribution >= 0.6 is 0 Å². The number of carbonyl (C=O) groups is 2. The van der Waals surface area contributed by atoms with Crippen LogP contribution in [0.25, 0.3) is 0 Å². The van der Waals surface area contributed by atoms with Crippen molar-refractivity contribution in [3.8, 4) is 0 Å². The third kappa shape index (κ3) is 7.32. The van der Waals surface area contributed by atoms with E-state index in [9.17, 15) is 9.59 Å². The predicted octanol–water partition coefficient (Wildman–Crippen LogP) is 2.06. The monoisotopic (exact) mass is 248 g/mol. The van der Waals surface area contributed by atoms with Crippen molar-refractivity contribution in [2.75, 3.05) is 0 Å². The molecule has 0 radical (unpaired) electrons. The molecule has 6 heteroatoms. The lowest BCUT2D eigenvalue weighted by Crippen LogP contribution is -2.47. The van der Waals surface area contributed by atoms with Crippen LogP contribution in [0.3, 0.4) is 0 Å². The minimum absolute atomic E-state index is 0.372. The molecular formula is C9H20O4Si2. The Bertz CT molecular complexity index is 241. The molecule has 0 rings (SSSR count). The molecule has 0 aliphatic carbocycles. The van der Waals surface area contributed by atoms with Gasteiger partial charge in [-0.25, -0.2) is 0 Å². The number of hydrogen-bond donors (Lipinski definition) is 0. The Balaban J connectivity index is 4.69. The molecule has 4 nitrogen and oxygen atoms in total. The summed E-state index contributed by atoms with van der Waals surface area (Å²) in [6.07, 6.45) is 0. The maximum atomic E-state index is 11.0. The Kier molecular flexibility index (Phi) is 4.73. The van der Waals surface area contributed by atoms with Gasteiger partial charge in [0.1, 0.15) is 0 Å². The standard InChI is InChI=1S/C9H20O4Si2/c1-8(10)12-15(6,13-9(2)11)7-14(3,4)5/h7H2,1-6H3. The summed E-state index contributed by atoms with van der Waals surface area (Å²) in [6, 6.07) is 0. The average Bonchev–Trinajstić information content (AvgIpc) is 1.73. The zero-order valence-electron chi connectivity index (χ0n) is 10.3. The molecule has 0 heterocycles. The molecule has 0 bridgehead atoms. The largest absolute Gasteiger partial charge is 0.485 e. The van der Waals surface area contributed by atoms with Gasteiger partial charge < -0.3 is 8.85 Å². The Labute approximate surface area is 93.2 Å². The molecule has 0 spiro atoms. The molecule has 0 aliphatic rings. The lowest BCUT2D eigenvalue weighted by atomic mass is 10.9. The Morgan fingerprint density at radius 2 is 1.27 bits per heavy atom. The molecule has 0 saturated heterocycles. The molecule has 0 saturated carbocycles. The summed E-state index contributed by atoms with van der Waals surface area (Å²) < 4.78 is 10.4. The Morgan fingerprint density at radius 3 is 1.47 bits per heavy atom. The molecule has 0 aromatic carbocycles. The maximum absolute atomic E-state index is 11.0. The van der Waals surface area contributed by atoms with Gasteiger partial charge in [-0.05, 0) is 0 Å². The average molecular weight is 248 g/mol. The summed E-state index contributed by atoms with van der Waals surface area (Å²) in [6.45, 7) is 10.9. The first-order valence-electron chi connectivity index (χ1n) is 4.93. The van der Waals surface area contributed by atoms with Crippen LogP contribution in [-0.4, -0.2) is 28.6 Å². The van der Waals surface area contributed by atoms with Gasteiger partial charge in [0.15, 0.2) is 0 Å². The van der Waals surface area contributed by atoms with Crippen LogP contribution in [0.1, 0.15) is 13.8 Å². The maximum Gasteiger partial charge on any atom is 0.458 e. The number of rotatable bonds is 4. The highest BCUT2D eigenvalue weighted by Gasteiger charge is 2.42. The van der Waals surface area contributed by atoms with Gasteiger partial charge in [-0.2, -0.15) is 0 Å². The molecule has 0 N–H and O–H groups in total. The van der Waals surface area contributed by atoms with Gasteiger partial charge in [0, 0.05) is 34.1 Å². The van der Waals surface area contributed by atoms with Crippen LogP contribution < -0.4 is 0 Å². The SMILES string of the molecule is CC(=O)O[Si](C)(C[Si](C)(C)C)OC(C)=O. The fraction of sp³-hybridized carbons (Fsp3) is 0.778. The van der Waals surface area contributed by atoms with Crippen molar-refractivity contribution >= 4 is 28.6 Å². The van der Waals surface area contributed by atoms with Crippen molar-refractivity contribution in [1.82, 2.24) is 0 Å². The molecule has 0 aromatic rings. The second-order valence-electron chi connectivity index (χ2n) is 5.06. The fourth-order valence-corrected chi connectivity index (χ4v) is 11.2. The molecule has 0 atom stereocenters. The first kappa shape index (κ1) is 14.4. The highest BCUT2D eigenvalue weighted by molar-refractivity contribution is 6.91. The van der Waals surface area contributed by atoms with Crippen molar-refractivity contribution < 1.29 is 18.4 Å². The topological polar surface area (TPSA) is 52.6 Å².